The molecule has 1 aliphatic rings. The molecule has 0 amide bonds. The number of imidazole rings is 1. The topological polar surface area (TPSA) is 164 Å². The average molecular weight is 385 g/mol. The van der Waals surface area contributed by atoms with Crippen LogP contribution >= 0.6 is 0 Å². The van der Waals surface area contributed by atoms with Crippen molar-refractivity contribution in [3.63, 3.8) is 0 Å². The molecule has 0 aliphatic carbocycles. The number of nitrogens with one attached hydrogen (secondary N) is 1. The third-order valence-corrected chi connectivity index (χ3v) is 4.42. The lowest BCUT2D eigenvalue weighted by atomic mass is 10.1. The number of aliphatic hydroxyl groups excluding tert-OH is 3. The zero-order valence-corrected chi connectivity index (χ0v) is 14.6. The fourth-order valence-electron chi connectivity index (χ4n) is 2.99. The average Bonchev–Trinajstić information content (AvgIpc) is 3.24. The number of fused-ring (bicyclic) bond motifs is 1. The molecular formula is C17H19N7O4. The van der Waals surface area contributed by atoms with Crippen LogP contribution < -0.4 is 11.2 Å². The Morgan fingerprint density at radius 3 is 2.71 bits per heavy atom. The number of nitrogens with zero attached hydrogens (tertiary/aromatic N) is 5. The summed E-state index contributed by atoms with van der Waals surface area (Å²) < 4.78 is 6.96. The van der Waals surface area contributed by atoms with Crippen molar-refractivity contribution in [1.29, 1.82) is 0 Å². The Kier molecular flexibility index (Phi) is 4.88. The molecule has 28 heavy (non-hydrogen) atoms. The summed E-state index contributed by atoms with van der Waals surface area (Å²) in [6, 6.07) is 9.46. The fraction of sp³-hybridized carbons (Fsp3) is 0.294. The molecule has 1 fully saturated rings. The van der Waals surface area contributed by atoms with Gasteiger partial charge in [-0.15, -0.1) is 0 Å². The van der Waals surface area contributed by atoms with E-state index in [2.05, 4.69) is 25.5 Å². The lowest BCUT2D eigenvalue weighted by Gasteiger charge is -2.16. The summed E-state index contributed by atoms with van der Waals surface area (Å²) in [5.41, 5.74) is 10.2. The predicted molar refractivity (Wildman–Crippen MR) is 100 cm³/mol. The highest BCUT2D eigenvalue weighted by Gasteiger charge is 2.44. The second-order valence-electron chi connectivity index (χ2n) is 6.27. The summed E-state index contributed by atoms with van der Waals surface area (Å²) in [5, 5.41) is 33.6. The zero-order valence-electron chi connectivity index (χ0n) is 14.6. The van der Waals surface area contributed by atoms with Gasteiger partial charge in [-0.3, -0.25) is 4.57 Å². The quantitative estimate of drug-likeness (QED) is 0.287. The SMILES string of the molecule is Nc1nc(N/N=C/c2ccccc2)nc2c1ncn2C1OC(CO)C(O)C1O. The maximum Gasteiger partial charge on any atom is 0.247 e. The van der Waals surface area contributed by atoms with Crippen LogP contribution in [-0.4, -0.2) is 66.0 Å². The molecule has 11 nitrogen and oxygen atoms in total. The summed E-state index contributed by atoms with van der Waals surface area (Å²) in [4.78, 5) is 12.6. The molecule has 2 aromatic heterocycles. The Bertz CT molecular complexity index is 994. The van der Waals surface area contributed by atoms with E-state index in [1.54, 1.807) is 6.21 Å². The van der Waals surface area contributed by atoms with Crippen molar-refractivity contribution < 1.29 is 20.1 Å². The van der Waals surface area contributed by atoms with Gasteiger partial charge in [0.25, 0.3) is 0 Å². The number of rotatable bonds is 5. The third kappa shape index (κ3) is 3.27. The summed E-state index contributed by atoms with van der Waals surface area (Å²) in [6.45, 7) is -0.431. The molecule has 146 valence electrons. The van der Waals surface area contributed by atoms with Crippen molar-refractivity contribution in [1.82, 2.24) is 19.5 Å². The largest absolute Gasteiger partial charge is 0.394 e. The number of benzene rings is 1. The van der Waals surface area contributed by atoms with Crippen molar-refractivity contribution in [2.75, 3.05) is 17.8 Å². The summed E-state index contributed by atoms with van der Waals surface area (Å²) >= 11 is 0. The van der Waals surface area contributed by atoms with E-state index in [0.29, 0.717) is 11.2 Å². The van der Waals surface area contributed by atoms with E-state index in [-0.39, 0.29) is 11.8 Å². The highest BCUT2D eigenvalue weighted by molar-refractivity contribution is 5.83. The molecule has 4 unspecified atom stereocenters. The van der Waals surface area contributed by atoms with E-state index in [9.17, 15) is 15.3 Å². The van der Waals surface area contributed by atoms with Crippen molar-refractivity contribution in [2.24, 2.45) is 5.10 Å². The van der Waals surface area contributed by atoms with Crippen molar-refractivity contribution in [3.05, 3.63) is 42.2 Å². The van der Waals surface area contributed by atoms with E-state index in [4.69, 9.17) is 10.5 Å². The van der Waals surface area contributed by atoms with Crippen LogP contribution in [-0.2, 0) is 4.74 Å². The van der Waals surface area contributed by atoms with E-state index >= 15 is 0 Å². The summed E-state index contributed by atoms with van der Waals surface area (Å²) in [7, 11) is 0. The van der Waals surface area contributed by atoms with Gasteiger partial charge in [0.15, 0.2) is 17.7 Å². The number of ether oxygens (including phenoxy) is 1. The predicted octanol–water partition coefficient (Wildman–Crippen LogP) is -0.534. The normalized spacial score (nSPS) is 25.0. The molecule has 0 bridgehead atoms. The maximum atomic E-state index is 10.2. The number of hydrogen-bond acceptors (Lipinski definition) is 10. The van der Waals surface area contributed by atoms with Gasteiger partial charge in [0.2, 0.25) is 5.95 Å². The lowest BCUT2D eigenvalue weighted by molar-refractivity contribution is -0.0511. The van der Waals surface area contributed by atoms with E-state index in [0.717, 1.165) is 5.56 Å². The molecule has 4 rings (SSSR count). The first-order chi connectivity index (χ1) is 13.6. The molecular weight excluding hydrogens is 366 g/mol. The summed E-state index contributed by atoms with van der Waals surface area (Å²) in [5.74, 6) is 0.249. The second kappa shape index (κ2) is 7.48. The van der Waals surface area contributed by atoms with Crippen LogP contribution in [0.3, 0.4) is 0 Å². The number of hydrogen-bond donors (Lipinski definition) is 5. The number of anilines is 2. The first-order valence-electron chi connectivity index (χ1n) is 8.55. The Labute approximate surface area is 159 Å². The highest BCUT2D eigenvalue weighted by Crippen LogP contribution is 2.32. The van der Waals surface area contributed by atoms with E-state index in [1.807, 2.05) is 30.3 Å². The molecule has 1 aliphatic heterocycles. The molecule has 0 radical (unpaired) electrons. The Morgan fingerprint density at radius 2 is 2.00 bits per heavy atom. The standard InChI is InChI=1S/C17H19N7O4/c18-14-11-15(22-17(21-14)23-20-6-9-4-2-1-3-5-9)24(8-19-11)16-13(27)12(26)10(7-25)28-16/h1-6,8,10,12-13,16,25-27H,7H2,(H3,18,21,22,23)/b20-6+. The van der Waals surface area contributed by atoms with Gasteiger partial charge >= 0.3 is 0 Å². The Balaban J connectivity index is 1.63. The van der Waals surface area contributed by atoms with Gasteiger partial charge in [0, 0.05) is 0 Å². The Hall–Kier alpha value is -3.12. The monoisotopic (exact) mass is 385 g/mol. The molecule has 0 saturated carbocycles. The third-order valence-electron chi connectivity index (χ3n) is 4.42. The van der Waals surface area contributed by atoms with Crippen LogP contribution in [0.4, 0.5) is 11.8 Å². The molecule has 0 spiro atoms. The van der Waals surface area contributed by atoms with Crippen LogP contribution in [0.25, 0.3) is 11.2 Å². The van der Waals surface area contributed by atoms with Crippen LogP contribution in [0, 0.1) is 0 Å². The molecule has 1 saturated heterocycles. The fourth-order valence-corrected chi connectivity index (χ4v) is 2.99. The van der Waals surface area contributed by atoms with Gasteiger partial charge in [0.05, 0.1) is 19.1 Å². The van der Waals surface area contributed by atoms with E-state index in [1.165, 1.54) is 10.9 Å². The molecule has 3 aromatic rings. The van der Waals surface area contributed by atoms with E-state index < -0.39 is 31.1 Å². The van der Waals surface area contributed by atoms with Gasteiger partial charge < -0.3 is 25.8 Å². The lowest BCUT2D eigenvalue weighted by Crippen LogP contribution is -2.33. The van der Waals surface area contributed by atoms with Gasteiger partial charge in [0.1, 0.15) is 23.8 Å². The molecule has 4 atom stereocenters. The minimum absolute atomic E-state index is 0.118. The molecule has 1 aromatic carbocycles. The van der Waals surface area contributed by atoms with Crippen molar-refractivity contribution in [3.8, 4) is 0 Å². The first kappa shape index (κ1) is 18.3. The van der Waals surface area contributed by atoms with Crippen molar-refractivity contribution >= 4 is 29.1 Å². The van der Waals surface area contributed by atoms with Crippen LogP contribution in [0.15, 0.2) is 41.8 Å². The minimum atomic E-state index is -1.27. The second-order valence-corrected chi connectivity index (χ2v) is 6.27. The van der Waals surface area contributed by atoms with Crippen LogP contribution in [0.5, 0.6) is 0 Å². The molecule has 3 heterocycles. The smallest absolute Gasteiger partial charge is 0.247 e. The van der Waals surface area contributed by atoms with Gasteiger partial charge in [-0.2, -0.15) is 15.1 Å². The van der Waals surface area contributed by atoms with Crippen molar-refractivity contribution in [2.45, 2.75) is 24.5 Å². The number of aliphatic hydroxyl groups is 3. The number of nitrogens with two attached hydrogens (primary N) is 1. The molecule has 11 heteroatoms. The number of aromatic nitrogens is 4. The number of hydrazone groups is 1. The molecule has 6 N–H and O–H groups in total. The van der Waals surface area contributed by atoms with Crippen LogP contribution in [0.1, 0.15) is 11.8 Å². The number of nitrogen functional groups attached to an aromatic ring is 1. The van der Waals surface area contributed by atoms with Gasteiger partial charge in [-0.25, -0.2) is 10.4 Å². The zero-order chi connectivity index (χ0) is 19.7. The maximum absolute atomic E-state index is 10.2. The van der Waals surface area contributed by atoms with Crippen LogP contribution in [0.2, 0.25) is 0 Å². The summed E-state index contributed by atoms with van der Waals surface area (Å²) in [6.07, 6.45) is -1.41. The Morgan fingerprint density at radius 1 is 1.21 bits per heavy atom. The van der Waals surface area contributed by atoms with Gasteiger partial charge in [-0.05, 0) is 5.56 Å². The first-order valence-corrected chi connectivity index (χ1v) is 8.55. The minimum Gasteiger partial charge on any atom is -0.394 e. The highest BCUT2D eigenvalue weighted by atomic mass is 16.6. The van der Waals surface area contributed by atoms with Gasteiger partial charge in [-0.1, -0.05) is 30.3 Å².